The van der Waals surface area contributed by atoms with E-state index in [2.05, 4.69) is 69.7 Å². The zero-order chi connectivity index (χ0) is 14.7. The number of aromatic nitrogens is 2. The number of nitrogens with one attached hydrogen (secondary N) is 1. The Balaban J connectivity index is 1.71. The van der Waals surface area contributed by atoms with Gasteiger partial charge in [-0.25, -0.2) is 0 Å². The molecule has 108 valence electrons. The lowest BCUT2D eigenvalue weighted by molar-refractivity contribution is 0.687. The van der Waals surface area contributed by atoms with Crippen LogP contribution >= 0.6 is 27.3 Å². The Bertz CT molecular complexity index is 706. The topological polar surface area (TPSA) is 29.9 Å². The van der Waals surface area contributed by atoms with Crippen LogP contribution in [-0.2, 0) is 6.54 Å². The van der Waals surface area contributed by atoms with Crippen molar-refractivity contribution >= 4 is 33.0 Å². The van der Waals surface area contributed by atoms with Crippen LogP contribution in [0.2, 0.25) is 0 Å². The van der Waals surface area contributed by atoms with Crippen molar-refractivity contribution in [2.45, 2.75) is 19.5 Å². The van der Waals surface area contributed by atoms with Crippen LogP contribution in [0.1, 0.15) is 23.4 Å². The number of rotatable bonds is 5. The number of thiophene rings is 1. The summed E-state index contributed by atoms with van der Waals surface area (Å²) in [5, 5.41) is 7.80. The van der Waals surface area contributed by atoms with E-state index in [0.29, 0.717) is 6.04 Å². The van der Waals surface area contributed by atoms with Crippen LogP contribution in [0.15, 0.2) is 58.6 Å². The van der Waals surface area contributed by atoms with E-state index in [1.165, 1.54) is 14.2 Å². The summed E-state index contributed by atoms with van der Waals surface area (Å²) in [5.74, 6) is 0. The van der Waals surface area contributed by atoms with Crippen molar-refractivity contribution in [3.63, 3.8) is 0 Å². The van der Waals surface area contributed by atoms with Gasteiger partial charge < -0.3 is 5.32 Å². The van der Waals surface area contributed by atoms with Crippen LogP contribution in [-0.4, -0.2) is 9.78 Å². The molecule has 0 saturated carbocycles. The van der Waals surface area contributed by atoms with Crippen LogP contribution in [0.3, 0.4) is 0 Å². The lowest BCUT2D eigenvalue weighted by atomic mass is 10.2. The van der Waals surface area contributed by atoms with Crippen LogP contribution in [0, 0.1) is 0 Å². The highest BCUT2D eigenvalue weighted by Gasteiger charge is 2.08. The van der Waals surface area contributed by atoms with E-state index in [4.69, 9.17) is 0 Å². The van der Waals surface area contributed by atoms with Gasteiger partial charge in [0.15, 0.2) is 0 Å². The molecule has 0 amide bonds. The van der Waals surface area contributed by atoms with Crippen molar-refractivity contribution in [1.29, 1.82) is 0 Å². The maximum atomic E-state index is 4.25. The fourth-order valence-corrected chi connectivity index (χ4v) is 3.65. The zero-order valence-corrected chi connectivity index (χ0v) is 14.1. The molecule has 0 radical (unpaired) electrons. The van der Waals surface area contributed by atoms with Crippen LogP contribution in [0.25, 0.3) is 0 Å². The molecule has 0 aliphatic heterocycles. The van der Waals surface area contributed by atoms with Crippen LogP contribution in [0.4, 0.5) is 5.69 Å². The molecule has 1 aromatic carbocycles. The summed E-state index contributed by atoms with van der Waals surface area (Å²) in [7, 11) is 0. The number of hydrogen-bond acceptors (Lipinski definition) is 3. The van der Waals surface area contributed by atoms with Gasteiger partial charge in [-0.15, -0.1) is 11.3 Å². The number of benzene rings is 1. The number of halogens is 1. The maximum Gasteiger partial charge on any atom is 0.0702 e. The quantitative estimate of drug-likeness (QED) is 0.698. The van der Waals surface area contributed by atoms with Crippen molar-refractivity contribution in [3.8, 4) is 0 Å². The third-order valence-corrected chi connectivity index (χ3v) is 5.04. The van der Waals surface area contributed by atoms with E-state index >= 15 is 0 Å². The Morgan fingerprint density at radius 2 is 2.19 bits per heavy atom. The third-order valence-electron chi connectivity index (χ3n) is 3.23. The van der Waals surface area contributed by atoms with Gasteiger partial charge in [-0.1, -0.05) is 12.1 Å². The number of nitrogens with zero attached hydrogens (tertiary/aromatic N) is 2. The molecule has 2 heterocycles. The predicted molar refractivity (Wildman–Crippen MR) is 91.8 cm³/mol. The largest absolute Gasteiger partial charge is 0.378 e. The lowest BCUT2D eigenvalue weighted by Crippen LogP contribution is -2.06. The van der Waals surface area contributed by atoms with Gasteiger partial charge in [0.1, 0.15) is 0 Å². The molecule has 0 aliphatic rings. The maximum absolute atomic E-state index is 4.25. The first-order valence-electron chi connectivity index (χ1n) is 6.79. The first kappa shape index (κ1) is 14.4. The summed E-state index contributed by atoms with van der Waals surface area (Å²) in [5.41, 5.74) is 2.37. The minimum absolute atomic E-state index is 0.293. The smallest absolute Gasteiger partial charge is 0.0702 e. The second kappa shape index (κ2) is 6.45. The molecule has 1 atom stereocenters. The lowest BCUT2D eigenvalue weighted by Gasteiger charge is -2.14. The van der Waals surface area contributed by atoms with Gasteiger partial charge in [0, 0.05) is 23.0 Å². The second-order valence-electron chi connectivity index (χ2n) is 4.91. The van der Waals surface area contributed by atoms with Crippen LogP contribution in [0.5, 0.6) is 0 Å². The van der Waals surface area contributed by atoms with Crippen molar-refractivity contribution in [3.05, 3.63) is 69.1 Å². The average molecular weight is 362 g/mol. The zero-order valence-electron chi connectivity index (χ0n) is 11.7. The van der Waals surface area contributed by atoms with Crippen molar-refractivity contribution in [1.82, 2.24) is 9.78 Å². The van der Waals surface area contributed by atoms with Gasteiger partial charge in [0.25, 0.3) is 0 Å². The Kier molecular flexibility index (Phi) is 4.41. The SMILES string of the molecule is CC(Nc1cccc(Cn2cccn2)c1)c1ccc(Br)s1. The van der Waals surface area contributed by atoms with Gasteiger partial charge in [0.2, 0.25) is 0 Å². The van der Waals surface area contributed by atoms with Gasteiger partial charge in [-0.3, -0.25) is 4.68 Å². The van der Waals surface area contributed by atoms with Gasteiger partial charge >= 0.3 is 0 Å². The highest BCUT2D eigenvalue weighted by Crippen LogP contribution is 2.29. The highest BCUT2D eigenvalue weighted by molar-refractivity contribution is 9.11. The molecule has 1 unspecified atom stereocenters. The molecule has 0 bridgehead atoms. The molecule has 2 aromatic heterocycles. The highest BCUT2D eigenvalue weighted by atomic mass is 79.9. The Labute approximate surface area is 136 Å². The molecular formula is C16H16BrN3S. The summed E-state index contributed by atoms with van der Waals surface area (Å²) in [6.07, 6.45) is 3.78. The molecule has 21 heavy (non-hydrogen) atoms. The molecule has 3 nitrogen and oxygen atoms in total. The number of hydrogen-bond donors (Lipinski definition) is 1. The number of anilines is 1. The fraction of sp³-hybridized carbons (Fsp3) is 0.188. The van der Waals surface area contributed by atoms with E-state index in [1.807, 2.05) is 16.9 Å². The van der Waals surface area contributed by atoms with Crippen molar-refractivity contribution in [2.24, 2.45) is 0 Å². The van der Waals surface area contributed by atoms with E-state index in [0.717, 1.165) is 12.2 Å². The van der Waals surface area contributed by atoms with Gasteiger partial charge in [-0.2, -0.15) is 5.10 Å². The fourth-order valence-electron chi connectivity index (χ4n) is 2.22. The third kappa shape index (κ3) is 3.74. The summed E-state index contributed by atoms with van der Waals surface area (Å²) >= 11 is 5.27. The normalized spacial score (nSPS) is 12.3. The Morgan fingerprint density at radius 3 is 2.90 bits per heavy atom. The standard InChI is InChI=1S/C16H16BrN3S/c1-12(15-6-7-16(17)21-15)19-14-5-2-4-13(10-14)11-20-9-3-8-18-20/h2-10,12,19H,11H2,1H3. The average Bonchev–Trinajstić information content (AvgIpc) is 3.11. The van der Waals surface area contributed by atoms with Crippen molar-refractivity contribution in [2.75, 3.05) is 5.32 Å². The summed E-state index contributed by atoms with van der Waals surface area (Å²) in [6, 6.07) is 15.0. The van der Waals surface area contributed by atoms with Gasteiger partial charge in [-0.05, 0) is 58.7 Å². The van der Waals surface area contributed by atoms with Crippen LogP contribution < -0.4 is 5.32 Å². The molecule has 3 aromatic rings. The molecule has 5 heteroatoms. The van der Waals surface area contributed by atoms with Crippen molar-refractivity contribution < 1.29 is 0 Å². The summed E-state index contributed by atoms with van der Waals surface area (Å²) < 4.78 is 3.09. The molecular weight excluding hydrogens is 346 g/mol. The molecule has 1 N–H and O–H groups in total. The second-order valence-corrected chi connectivity index (χ2v) is 7.41. The molecule has 0 aliphatic carbocycles. The summed E-state index contributed by atoms with van der Waals surface area (Å²) in [4.78, 5) is 1.32. The van der Waals surface area contributed by atoms with E-state index in [1.54, 1.807) is 17.5 Å². The van der Waals surface area contributed by atoms with E-state index in [-0.39, 0.29) is 0 Å². The Hall–Kier alpha value is -1.59. The van der Waals surface area contributed by atoms with Gasteiger partial charge in [0.05, 0.1) is 16.4 Å². The molecule has 3 rings (SSSR count). The monoisotopic (exact) mass is 361 g/mol. The minimum atomic E-state index is 0.293. The molecule has 0 fully saturated rings. The molecule has 0 spiro atoms. The van der Waals surface area contributed by atoms with E-state index in [9.17, 15) is 0 Å². The molecule has 0 saturated heterocycles. The van der Waals surface area contributed by atoms with E-state index < -0.39 is 0 Å². The predicted octanol–water partition coefficient (Wildman–Crippen LogP) is 4.93. The first-order chi connectivity index (χ1) is 10.2. The minimum Gasteiger partial charge on any atom is -0.378 e. The summed E-state index contributed by atoms with van der Waals surface area (Å²) in [6.45, 7) is 2.97. The Morgan fingerprint density at radius 1 is 1.29 bits per heavy atom. The first-order valence-corrected chi connectivity index (χ1v) is 8.40.